The highest BCUT2D eigenvalue weighted by Crippen LogP contribution is 2.12. The summed E-state index contributed by atoms with van der Waals surface area (Å²) in [6, 6.07) is 10.4. The molecule has 0 saturated carbocycles. The van der Waals surface area contributed by atoms with Crippen molar-refractivity contribution < 1.29 is 4.84 Å². The van der Waals surface area contributed by atoms with Crippen molar-refractivity contribution >= 4 is 17.6 Å². The summed E-state index contributed by atoms with van der Waals surface area (Å²) in [7, 11) is 0. The lowest BCUT2D eigenvalue weighted by Crippen LogP contribution is -1.92. The third-order valence-corrected chi connectivity index (χ3v) is 3.33. The largest absolute Gasteiger partial charge is 0.391 e. The number of aryl methyl sites for hydroxylation is 2. The molecule has 2 nitrogen and oxygen atoms in total. The summed E-state index contributed by atoms with van der Waals surface area (Å²) >= 11 is 1.65. The molecule has 0 amide bonds. The molecular formula is C14H15NOS. The van der Waals surface area contributed by atoms with Crippen LogP contribution in [0.25, 0.3) is 0 Å². The summed E-state index contributed by atoms with van der Waals surface area (Å²) < 4.78 is 0. The van der Waals surface area contributed by atoms with E-state index in [1.54, 1.807) is 17.6 Å². The average molecular weight is 245 g/mol. The topological polar surface area (TPSA) is 21.6 Å². The molecule has 0 N–H and O–H groups in total. The first-order valence-electron chi connectivity index (χ1n) is 5.50. The van der Waals surface area contributed by atoms with Gasteiger partial charge in [0.1, 0.15) is 6.61 Å². The first kappa shape index (κ1) is 11.9. The summed E-state index contributed by atoms with van der Waals surface area (Å²) in [5.74, 6) is 0. The molecule has 0 aliphatic heterocycles. The molecular weight excluding hydrogens is 230 g/mol. The van der Waals surface area contributed by atoms with E-state index in [1.807, 2.05) is 17.5 Å². The van der Waals surface area contributed by atoms with Gasteiger partial charge >= 0.3 is 0 Å². The molecule has 0 unspecified atom stereocenters. The molecule has 0 aliphatic rings. The van der Waals surface area contributed by atoms with Crippen molar-refractivity contribution in [3.8, 4) is 0 Å². The molecule has 0 radical (unpaired) electrons. The van der Waals surface area contributed by atoms with E-state index in [9.17, 15) is 0 Å². The molecule has 0 aliphatic carbocycles. The predicted molar refractivity (Wildman–Crippen MR) is 72.6 cm³/mol. The third-order valence-electron chi connectivity index (χ3n) is 2.52. The quantitative estimate of drug-likeness (QED) is 0.591. The van der Waals surface area contributed by atoms with Crippen LogP contribution >= 0.6 is 11.3 Å². The van der Waals surface area contributed by atoms with Gasteiger partial charge in [0.2, 0.25) is 0 Å². The van der Waals surface area contributed by atoms with E-state index >= 15 is 0 Å². The highest BCUT2D eigenvalue weighted by molar-refractivity contribution is 7.11. The maximum absolute atomic E-state index is 5.30. The minimum Gasteiger partial charge on any atom is -0.391 e. The van der Waals surface area contributed by atoms with Gasteiger partial charge in [-0.25, -0.2) is 0 Å². The van der Waals surface area contributed by atoms with Gasteiger partial charge in [-0.2, -0.15) is 0 Å². The van der Waals surface area contributed by atoms with Gasteiger partial charge in [0.05, 0.1) is 6.21 Å². The van der Waals surface area contributed by atoms with Crippen molar-refractivity contribution in [3.63, 3.8) is 0 Å². The van der Waals surface area contributed by atoms with Crippen LogP contribution in [0.4, 0.5) is 0 Å². The first-order chi connectivity index (χ1) is 8.25. The fraction of sp³-hybridized carbons (Fsp3) is 0.214. The van der Waals surface area contributed by atoms with E-state index in [2.05, 4.69) is 37.2 Å². The van der Waals surface area contributed by atoms with Crippen LogP contribution < -0.4 is 0 Å². The molecule has 3 heteroatoms. The van der Waals surface area contributed by atoms with Crippen LogP contribution in [0, 0.1) is 13.8 Å². The molecule has 17 heavy (non-hydrogen) atoms. The standard InChI is InChI=1S/C14H15NOS/c1-11-5-6-12(2)13(8-11)10-16-15-9-14-4-3-7-17-14/h3-9H,10H2,1-2H3/b15-9+. The van der Waals surface area contributed by atoms with Crippen LogP contribution in [0.1, 0.15) is 21.6 Å². The molecule has 2 rings (SSSR count). The Kier molecular flexibility index (Phi) is 3.94. The van der Waals surface area contributed by atoms with Crippen LogP contribution in [-0.4, -0.2) is 6.21 Å². The Morgan fingerprint density at radius 1 is 1.29 bits per heavy atom. The number of rotatable bonds is 4. The Hall–Kier alpha value is -1.61. The molecule has 0 bridgehead atoms. The summed E-state index contributed by atoms with van der Waals surface area (Å²) in [5.41, 5.74) is 3.67. The molecule has 0 atom stereocenters. The van der Waals surface area contributed by atoms with Crippen LogP contribution in [0.2, 0.25) is 0 Å². The fourth-order valence-corrected chi connectivity index (χ4v) is 2.09. The molecule has 88 valence electrons. The highest BCUT2D eigenvalue weighted by Gasteiger charge is 1.98. The molecule has 1 heterocycles. The fourth-order valence-electron chi connectivity index (χ4n) is 1.52. The molecule has 1 aromatic heterocycles. The summed E-state index contributed by atoms with van der Waals surface area (Å²) in [6.45, 7) is 4.69. The molecule has 0 saturated heterocycles. The summed E-state index contributed by atoms with van der Waals surface area (Å²) in [4.78, 5) is 6.41. The van der Waals surface area contributed by atoms with Crippen LogP contribution in [0.3, 0.4) is 0 Å². The second-order valence-electron chi connectivity index (χ2n) is 3.95. The second-order valence-corrected chi connectivity index (χ2v) is 4.93. The number of benzene rings is 1. The minimum absolute atomic E-state index is 0.523. The van der Waals surface area contributed by atoms with Gasteiger partial charge in [-0.15, -0.1) is 11.3 Å². The molecule has 2 aromatic rings. The Bertz CT molecular complexity index is 503. The Labute approximate surface area is 106 Å². The lowest BCUT2D eigenvalue weighted by Gasteiger charge is -2.05. The molecule has 0 spiro atoms. The number of hydrogen-bond donors (Lipinski definition) is 0. The monoisotopic (exact) mass is 245 g/mol. The predicted octanol–water partition coefficient (Wildman–Crippen LogP) is 3.92. The van der Waals surface area contributed by atoms with Crippen LogP contribution in [-0.2, 0) is 11.4 Å². The molecule has 1 aromatic carbocycles. The zero-order chi connectivity index (χ0) is 12.1. The van der Waals surface area contributed by atoms with E-state index in [4.69, 9.17) is 4.84 Å². The number of nitrogens with zero attached hydrogens (tertiary/aromatic N) is 1. The van der Waals surface area contributed by atoms with E-state index in [-0.39, 0.29) is 0 Å². The van der Waals surface area contributed by atoms with Gasteiger partial charge < -0.3 is 4.84 Å². The van der Waals surface area contributed by atoms with Crippen LogP contribution in [0.15, 0.2) is 40.9 Å². The van der Waals surface area contributed by atoms with E-state index in [0.717, 1.165) is 4.88 Å². The Morgan fingerprint density at radius 2 is 2.18 bits per heavy atom. The van der Waals surface area contributed by atoms with Gasteiger partial charge in [-0.1, -0.05) is 35.0 Å². The second kappa shape index (κ2) is 5.64. The number of oxime groups is 1. The first-order valence-corrected chi connectivity index (χ1v) is 6.38. The maximum atomic E-state index is 5.30. The SMILES string of the molecule is Cc1ccc(C)c(CO/N=C/c2cccs2)c1. The van der Waals surface area contributed by atoms with Gasteiger partial charge in [0.25, 0.3) is 0 Å². The Balaban J connectivity index is 1.92. The van der Waals surface area contributed by atoms with Crippen molar-refractivity contribution in [1.29, 1.82) is 0 Å². The zero-order valence-corrected chi connectivity index (χ0v) is 10.8. The Morgan fingerprint density at radius 3 is 2.94 bits per heavy atom. The van der Waals surface area contributed by atoms with Gasteiger partial charge in [-0.05, 0) is 36.4 Å². The van der Waals surface area contributed by atoms with Crippen molar-refractivity contribution in [2.45, 2.75) is 20.5 Å². The van der Waals surface area contributed by atoms with Crippen LogP contribution in [0.5, 0.6) is 0 Å². The smallest absolute Gasteiger partial charge is 0.142 e. The third kappa shape index (κ3) is 3.43. The van der Waals surface area contributed by atoms with Gasteiger partial charge in [0.15, 0.2) is 0 Å². The minimum atomic E-state index is 0.523. The van der Waals surface area contributed by atoms with E-state index in [0.29, 0.717) is 6.61 Å². The lowest BCUT2D eigenvalue weighted by molar-refractivity contribution is 0.131. The van der Waals surface area contributed by atoms with Crippen molar-refractivity contribution in [2.24, 2.45) is 5.16 Å². The van der Waals surface area contributed by atoms with Gasteiger partial charge in [0, 0.05) is 4.88 Å². The highest BCUT2D eigenvalue weighted by atomic mass is 32.1. The summed E-state index contributed by atoms with van der Waals surface area (Å²) in [6.07, 6.45) is 1.75. The maximum Gasteiger partial charge on any atom is 0.142 e. The molecule has 0 fully saturated rings. The van der Waals surface area contributed by atoms with Crippen molar-refractivity contribution in [2.75, 3.05) is 0 Å². The summed E-state index contributed by atoms with van der Waals surface area (Å²) in [5, 5.41) is 5.99. The zero-order valence-electron chi connectivity index (χ0n) is 10.0. The number of hydrogen-bond acceptors (Lipinski definition) is 3. The lowest BCUT2D eigenvalue weighted by atomic mass is 10.1. The van der Waals surface area contributed by atoms with E-state index < -0.39 is 0 Å². The van der Waals surface area contributed by atoms with Crippen molar-refractivity contribution in [3.05, 3.63) is 57.3 Å². The van der Waals surface area contributed by atoms with Gasteiger partial charge in [-0.3, -0.25) is 0 Å². The number of thiophene rings is 1. The van der Waals surface area contributed by atoms with Crippen molar-refractivity contribution in [1.82, 2.24) is 0 Å². The van der Waals surface area contributed by atoms with E-state index in [1.165, 1.54) is 16.7 Å². The average Bonchev–Trinajstić information content (AvgIpc) is 2.82. The normalized spacial score (nSPS) is 10.9.